The lowest BCUT2D eigenvalue weighted by Crippen LogP contribution is -2.42. The minimum Gasteiger partial charge on any atom is -0.324 e. The molecule has 0 spiro atoms. The second-order valence-electron chi connectivity index (χ2n) is 7.28. The zero-order chi connectivity index (χ0) is 22.8. The molecule has 1 atom stereocenters. The Morgan fingerprint density at radius 1 is 1.09 bits per heavy atom. The van der Waals surface area contributed by atoms with Crippen molar-refractivity contribution in [1.29, 1.82) is 0 Å². The molecule has 1 aliphatic rings. The lowest BCUT2D eigenvalue weighted by atomic mass is 10.00. The van der Waals surface area contributed by atoms with Gasteiger partial charge in [0.2, 0.25) is 5.91 Å². The van der Waals surface area contributed by atoms with Gasteiger partial charge in [-0.2, -0.15) is 0 Å². The predicted molar refractivity (Wildman–Crippen MR) is 125 cm³/mol. The Hall–Kier alpha value is -3.22. The van der Waals surface area contributed by atoms with Crippen molar-refractivity contribution in [2.24, 2.45) is 4.99 Å². The molecule has 3 aromatic rings. The monoisotopic (exact) mass is 469 g/mol. The number of amides is 2. The summed E-state index contributed by atoms with van der Waals surface area (Å²) in [5.41, 5.74) is 2.96. The van der Waals surface area contributed by atoms with E-state index in [2.05, 4.69) is 10.3 Å². The molecule has 8 heteroatoms. The van der Waals surface area contributed by atoms with Crippen molar-refractivity contribution in [1.82, 2.24) is 0 Å². The fraction of sp³-hybridized carbons (Fsp3) is 0.125. The molecule has 4 rings (SSSR count). The number of nitrogens with zero attached hydrogens (tertiary/aromatic N) is 2. The molecule has 0 aliphatic carbocycles. The standard InChI is InChI=1S/C24H18Cl2FN3O2/c1-14-24(32)30(13-22(31)29-17-8-9-20(27)19(26)12-17)21-10-7-16(25)11-18(21)23(28-14)15-5-3-2-4-6-15/h2-12,14H,13H2,1H3,(H,29,31)/t14-/m0/s1. The van der Waals surface area contributed by atoms with E-state index in [1.165, 1.54) is 17.0 Å². The molecule has 0 saturated carbocycles. The van der Waals surface area contributed by atoms with Crippen LogP contribution in [0.1, 0.15) is 18.1 Å². The molecule has 162 valence electrons. The van der Waals surface area contributed by atoms with Crippen LogP contribution in [0.15, 0.2) is 71.7 Å². The smallest absolute Gasteiger partial charge is 0.252 e. The molecule has 1 N–H and O–H groups in total. The largest absolute Gasteiger partial charge is 0.324 e. The number of aliphatic imine (C=N–C) groups is 1. The molecule has 0 aromatic heterocycles. The van der Waals surface area contributed by atoms with Crippen LogP contribution in [0.25, 0.3) is 0 Å². The zero-order valence-electron chi connectivity index (χ0n) is 17.0. The summed E-state index contributed by atoms with van der Waals surface area (Å²) in [4.78, 5) is 32.0. The van der Waals surface area contributed by atoms with Crippen LogP contribution in [0, 0.1) is 5.82 Å². The van der Waals surface area contributed by atoms with Crippen LogP contribution >= 0.6 is 23.2 Å². The number of benzodiazepines with no additional fused rings is 1. The number of hydrogen-bond donors (Lipinski definition) is 1. The zero-order valence-corrected chi connectivity index (χ0v) is 18.5. The molecule has 1 aliphatic heterocycles. The number of anilines is 2. The summed E-state index contributed by atoms with van der Waals surface area (Å²) in [7, 11) is 0. The lowest BCUT2D eigenvalue weighted by Gasteiger charge is -2.24. The highest BCUT2D eigenvalue weighted by molar-refractivity contribution is 6.32. The van der Waals surface area contributed by atoms with Crippen molar-refractivity contribution in [3.8, 4) is 0 Å². The van der Waals surface area contributed by atoms with Gasteiger partial charge in [0.25, 0.3) is 5.91 Å². The first-order valence-corrected chi connectivity index (χ1v) is 10.6. The summed E-state index contributed by atoms with van der Waals surface area (Å²) < 4.78 is 13.4. The highest BCUT2D eigenvalue weighted by Crippen LogP contribution is 2.31. The van der Waals surface area contributed by atoms with Gasteiger partial charge >= 0.3 is 0 Å². The van der Waals surface area contributed by atoms with E-state index >= 15 is 0 Å². The minimum atomic E-state index is -0.718. The third-order valence-electron chi connectivity index (χ3n) is 5.00. The summed E-state index contributed by atoms with van der Waals surface area (Å²) in [5, 5.41) is 3.03. The average Bonchev–Trinajstić information content (AvgIpc) is 2.87. The van der Waals surface area contributed by atoms with E-state index in [4.69, 9.17) is 23.2 Å². The van der Waals surface area contributed by atoms with Crippen LogP contribution in [0.3, 0.4) is 0 Å². The van der Waals surface area contributed by atoms with Gasteiger partial charge in [-0.15, -0.1) is 0 Å². The molecule has 1 heterocycles. The van der Waals surface area contributed by atoms with Gasteiger partial charge in [0.1, 0.15) is 18.4 Å². The second-order valence-corrected chi connectivity index (χ2v) is 8.13. The van der Waals surface area contributed by atoms with Gasteiger partial charge in [-0.25, -0.2) is 4.39 Å². The van der Waals surface area contributed by atoms with Gasteiger partial charge in [0.15, 0.2) is 0 Å². The maximum Gasteiger partial charge on any atom is 0.252 e. The van der Waals surface area contributed by atoms with Gasteiger partial charge in [0.05, 0.1) is 16.4 Å². The quantitative estimate of drug-likeness (QED) is 0.560. The van der Waals surface area contributed by atoms with Gasteiger partial charge in [-0.05, 0) is 43.3 Å². The Morgan fingerprint density at radius 3 is 2.56 bits per heavy atom. The Kier molecular flexibility index (Phi) is 6.26. The lowest BCUT2D eigenvalue weighted by molar-refractivity contribution is -0.122. The van der Waals surface area contributed by atoms with E-state index in [1.807, 2.05) is 30.3 Å². The van der Waals surface area contributed by atoms with E-state index in [0.717, 1.165) is 11.6 Å². The topological polar surface area (TPSA) is 61.8 Å². The first-order chi connectivity index (χ1) is 15.3. The van der Waals surface area contributed by atoms with Crippen LogP contribution in [-0.2, 0) is 9.59 Å². The van der Waals surface area contributed by atoms with Crippen molar-refractivity contribution in [2.45, 2.75) is 13.0 Å². The summed E-state index contributed by atoms with van der Waals surface area (Å²) in [5.74, 6) is -1.37. The predicted octanol–water partition coefficient (Wildman–Crippen LogP) is 5.34. The Bertz CT molecular complexity index is 1230. The fourth-order valence-electron chi connectivity index (χ4n) is 3.50. The number of rotatable bonds is 4. The van der Waals surface area contributed by atoms with Crippen molar-refractivity contribution in [3.63, 3.8) is 0 Å². The third kappa shape index (κ3) is 4.52. The van der Waals surface area contributed by atoms with Crippen LogP contribution in [-0.4, -0.2) is 30.1 Å². The Morgan fingerprint density at radius 2 is 1.84 bits per heavy atom. The van der Waals surface area contributed by atoms with Crippen molar-refractivity contribution < 1.29 is 14.0 Å². The summed E-state index contributed by atoms with van der Waals surface area (Å²) in [6.07, 6.45) is 0. The van der Waals surface area contributed by atoms with Gasteiger partial charge in [0, 0.05) is 21.8 Å². The number of benzene rings is 3. The van der Waals surface area contributed by atoms with Crippen molar-refractivity contribution in [3.05, 3.63) is 93.7 Å². The highest BCUT2D eigenvalue weighted by Gasteiger charge is 2.31. The van der Waals surface area contributed by atoms with E-state index in [-0.39, 0.29) is 17.5 Å². The molecule has 32 heavy (non-hydrogen) atoms. The summed E-state index contributed by atoms with van der Waals surface area (Å²) in [6.45, 7) is 1.42. The molecule has 3 aromatic carbocycles. The van der Waals surface area contributed by atoms with E-state index in [9.17, 15) is 14.0 Å². The van der Waals surface area contributed by atoms with Crippen molar-refractivity contribution >= 4 is 52.1 Å². The SMILES string of the molecule is C[C@@H]1N=C(c2ccccc2)c2cc(Cl)ccc2N(CC(=O)Nc2ccc(F)c(Cl)c2)C1=O. The minimum absolute atomic E-state index is 0.108. The maximum absolute atomic E-state index is 13.4. The van der Waals surface area contributed by atoms with Crippen molar-refractivity contribution in [2.75, 3.05) is 16.8 Å². The Labute approximate surface area is 194 Å². The molecule has 0 unspecified atom stereocenters. The number of nitrogens with one attached hydrogen (secondary N) is 1. The van der Waals surface area contributed by atoms with Crippen LogP contribution < -0.4 is 10.2 Å². The maximum atomic E-state index is 13.4. The van der Waals surface area contributed by atoms with Gasteiger partial charge < -0.3 is 10.2 Å². The average molecular weight is 470 g/mol. The molecule has 0 bridgehead atoms. The normalized spacial score (nSPS) is 15.6. The number of halogens is 3. The molecule has 0 fully saturated rings. The molecule has 0 radical (unpaired) electrons. The first-order valence-electron chi connectivity index (χ1n) is 9.83. The summed E-state index contributed by atoms with van der Waals surface area (Å²) in [6, 6.07) is 17.7. The highest BCUT2D eigenvalue weighted by atomic mass is 35.5. The number of hydrogen-bond acceptors (Lipinski definition) is 3. The summed E-state index contributed by atoms with van der Waals surface area (Å²) >= 11 is 12.1. The van der Waals surface area contributed by atoms with Crippen LogP contribution in [0.4, 0.5) is 15.8 Å². The molecular weight excluding hydrogens is 452 g/mol. The molecule has 0 saturated heterocycles. The fourth-order valence-corrected chi connectivity index (χ4v) is 3.86. The molecule has 5 nitrogen and oxygen atoms in total. The number of fused-ring (bicyclic) bond motifs is 1. The van der Waals surface area contributed by atoms with Crippen LogP contribution in [0.5, 0.6) is 0 Å². The van der Waals surface area contributed by atoms with E-state index in [0.29, 0.717) is 27.7 Å². The first kappa shape index (κ1) is 22.0. The molecule has 2 amide bonds. The third-order valence-corrected chi connectivity index (χ3v) is 5.53. The van der Waals surface area contributed by atoms with Crippen LogP contribution in [0.2, 0.25) is 10.0 Å². The Balaban J connectivity index is 1.70. The van der Waals surface area contributed by atoms with Gasteiger partial charge in [-0.1, -0.05) is 53.5 Å². The van der Waals surface area contributed by atoms with Gasteiger partial charge in [-0.3, -0.25) is 14.6 Å². The van der Waals surface area contributed by atoms with E-state index in [1.54, 1.807) is 25.1 Å². The van der Waals surface area contributed by atoms with E-state index < -0.39 is 17.8 Å². The molecular formula is C24H18Cl2FN3O2. The second kappa shape index (κ2) is 9.10. The number of carbonyl (C=O) groups is 2. The number of carbonyl (C=O) groups excluding carboxylic acids is 2.